The minimum absolute atomic E-state index is 0.146. The summed E-state index contributed by atoms with van der Waals surface area (Å²) in [6.07, 6.45) is 20.7. The standard InChI is InChI=1S/C30H44F2O2/c1-2-3-4-5-6-8-21-11-13-22(14-12-21)23-15-17-26-24(19-23)9-7-10-27(26)30(33)34-29-18-16-25(31)20-28(29)32/h16,18,20-24,26-27H,2-15,17,19H2,1H3. The molecule has 3 aliphatic rings. The number of ether oxygens (including phenoxy) is 1. The van der Waals surface area contributed by atoms with Gasteiger partial charge in [0.25, 0.3) is 0 Å². The van der Waals surface area contributed by atoms with Crippen LogP contribution < -0.4 is 4.74 Å². The van der Waals surface area contributed by atoms with Gasteiger partial charge in [0.15, 0.2) is 11.6 Å². The molecule has 4 unspecified atom stereocenters. The van der Waals surface area contributed by atoms with Gasteiger partial charge in [-0.1, -0.05) is 71.1 Å². The molecule has 0 saturated heterocycles. The smallest absolute Gasteiger partial charge is 0.314 e. The molecule has 0 bridgehead atoms. The van der Waals surface area contributed by atoms with Crippen molar-refractivity contribution in [2.45, 2.75) is 110 Å². The molecule has 1 aromatic rings. The van der Waals surface area contributed by atoms with Crippen LogP contribution in [0.5, 0.6) is 5.75 Å². The Morgan fingerprint density at radius 3 is 2.41 bits per heavy atom. The van der Waals surface area contributed by atoms with Crippen molar-refractivity contribution in [3.63, 3.8) is 0 Å². The molecule has 190 valence electrons. The number of unbranched alkanes of at least 4 members (excludes halogenated alkanes) is 4. The van der Waals surface area contributed by atoms with Gasteiger partial charge in [0.2, 0.25) is 0 Å². The molecule has 0 N–H and O–H groups in total. The quantitative estimate of drug-likeness (QED) is 0.203. The van der Waals surface area contributed by atoms with Crippen molar-refractivity contribution >= 4 is 5.97 Å². The summed E-state index contributed by atoms with van der Waals surface area (Å²) in [7, 11) is 0. The highest BCUT2D eigenvalue weighted by atomic mass is 19.1. The van der Waals surface area contributed by atoms with Crippen LogP contribution >= 0.6 is 0 Å². The fraction of sp³-hybridized carbons (Fsp3) is 0.767. The zero-order valence-electron chi connectivity index (χ0n) is 21.1. The van der Waals surface area contributed by atoms with Crippen LogP contribution in [0.3, 0.4) is 0 Å². The summed E-state index contributed by atoms with van der Waals surface area (Å²) in [6, 6.07) is 3.14. The number of esters is 1. The van der Waals surface area contributed by atoms with Gasteiger partial charge in [0.1, 0.15) is 5.82 Å². The molecule has 0 aromatic heterocycles. The van der Waals surface area contributed by atoms with E-state index in [4.69, 9.17) is 4.74 Å². The molecule has 2 nitrogen and oxygen atoms in total. The maximum absolute atomic E-state index is 14.0. The first kappa shape index (κ1) is 25.6. The van der Waals surface area contributed by atoms with Crippen molar-refractivity contribution in [1.29, 1.82) is 0 Å². The number of halogens is 2. The summed E-state index contributed by atoms with van der Waals surface area (Å²) in [6.45, 7) is 2.28. The van der Waals surface area contributed by atoms with Gasteiger partial charge < -0.3 is 4.74 Å². The number of hydrogen-bond donors (Lipinski definition) is 0. The van der Waals surface area contributed by atoms with E-state index >= 15 is 0 Å². The molecule has 1 aromatic carbocycles. The van der Waals surface area contributed by atoms with Gasteiger partial charge in [-0.15, -0.1) is 0 Å². The molecule has 0 spiro atoms. The average molecular weight is 475 g/mol. The summed E-state index contributed by atoms with van der Waals surface area (Å²) in [5, 5.41) is 0. The first-order valence-electron chi connectivity index (χ1n) is 14.2. The van der Waals surface area contributed by atoms with Gasteiger partial charge in [-0.05, 0) is 80.2 Å². The highest BCUT2D eigenvalue weighted by Gasteiger charge is 2.43. The Kier molecular flexibility index (Phi) is 9.42. The van der Waals surface area contributed by atoms with E-state index in [1.807, 2.05) is 0 Å². The van der Waals surface area contributed by atoms with Crippen LogP contribution in [0, 0.1) is 47.1 Å². The van der Waals surface area contributed by atoms with E-state index in [-0.39, 0.29) is 17.6 Å². The van der Waals surface area contributed by atoms with E-state index in [0.29, 0.717) is 11.8 Å². The molecule has 0 aliphatic heterocycles. The van der Waals surface area contributed by atoms with Crippen molar-refractivity contribution in [2.75, 3.05) is 0 Å². The highest BCUT2D eigenvalue weighted by molar-refractivity contribution is 5.75. The monoisotopic (exact) mass is 474 g/mol. The molecule has 0 heterocycles. The van der Waals surface area contributed by atoms with Crippen molar-refractivity contribution in [3.05, 3.63) is 29.8 Å². The summed E-state index contributed by atoms with van der Waals surface area (Å²) in [5.41, 5.74) is 0. The van der Waals surface area contributed by atoms with Crippen LogP contribution in [0.25, 0.3) is 0 Å². The molecule has 4 rings (SSSR count). The van der Waals surface area contributed by atoms with Crippen LogP contribution in [0.15, 0.2) is 18.2 Å². The average Bonchev–Trinajstić information content (AvgIpc) is 2.85. The second-order valence-electron chi connectivity index (χ2n) is 11.5. The van der Waals surface area contributed by atoms with Gasteiger partial charge in [-0.3, -0.25) is 4.79 Å². The Bertz CT molecular complexity index is 786. The first-order chi connectivity index (χ1) is 16.5. The van der Waals surface area contributed by atoms with Gasteiger partial charge in [0.05, 0.1) is 5.92 Å². The Morgan fingerprint density at radius 2 is 1.65 bits per heavy atom. The number of benzene rings is 1. The molecular weight excluding hydrogens is 430 g/mol. The van der Waals surface area contributed by atoms with Crippen LogP contribution in [-0.2, 0) is 4.79 Å². The maximum atomic E-state index is 14.0. The van der Waals surface area contributed by atoms with Gasteiger partial charge in [-0.2, -0.15) is 0 Å². The SMILES string of the molecule is CCCCCCCC1CCC(C2CCC3C(CCCC3C(=O)Oc3ccc(F)cc3F)C2)CC1. The minimum atomic E-state index is -0.805. The predicted molar refractivity (Wildman–Crippen MR) is 132 cm³/mol. The first-order valence-corrected chi connectivity index (χ1v) is 14.2. The number of carbonyl (C=O) groups is 1. The van der Waals surface area contributed by atoms with E-state index in [1.54, 1.807) is 0 Å². The number of rotatable bonds is 9. The summed E-state index contributed by atoms with van der Waals surface area (Å²) in [4.78, 5) is 12.9. The Balaban J connectivity index is 1.24. The Hall–Kier alpha value is -1.45. The van der Waals surface area contributed by atoms with Crippen LogP contribution in [0.2, 0.25) is 0 Å². The summed E-state index contributed by atoms with van der Waals surface area (Å²) < 4.78 is 32.6. The topological polar surface area (TPSA) is 26.3 Å². The molecule has 0 amide bonds. The van der Waals surface area contributed by atoms with E-state index in [2.05, 4.69) is 6.92 Å². The number of hydrogen-bond acceptors (Lipinski definition) is 2. The molecule has 4 atom stereocenters. The number of fused-ring (bicyclic) bond motifs is 1. The summed E-state index contributed by atoms with van der Waals surface area (Å²) >= 11 is 0. The van der Waals surface area contributed by atoms with Gasteiger partial charge in [0, 0.05) is 6.07 Å². The number of carbonyl (C=O) groups excluding carboxylic acids is 1. The molecule has 3 saturated carbocycles. The van der Waals surface area contributed by atoms with Crippen molar-refractivity contribution in [2.24, 2.45) is 35.5 Å². The molecule has 4 heteroatoms. The van der Waals surface area contributed by atoms with E-state index in [0.717, 1.165) is 49.1 Å². The fourth-order valence-electron chi connectivity index (χ4n) is 7.45. The third kappa shape index (κ3) is 6.61. The predicted octanol–water partition coefficient (Wildman–Crippen LogP) is 8.87. The van der Waals surface area contributed by atoms with E-state index in [9.17, 15) is 13.6 Å². The second kappa shape index (κ2) is 12.5. The minimum Gasteiger partial charge on any atom is -0.423 e. The fourth-order valence-corrected chi connectivity index (χ4v) is 7.45. The zero-order valence-corrected chi connectivity index (χ0v) is 21.1. The van der Waals surface area contributed by atoms with Crippen LogP contribution in [0.4, 0.5) is 8.78 Å². The second-order valence-corrected chi connectivity index (χ2v) is 11.5. The third-order valence-corrected chi connectivity index (χ3v) is 9.37. The van der Waals surface area contributed by atoms with E-state index < -0.39 is 11.6 Å². The Morgan fingerprint density at radius 1 is 0.882 bits per heavy atom. The molecule has 3 fully saturated rings. The lowest BCUT2D eigenvalue weighted by Gasteiger charge is -2.46. The zero-order chi connectivity index (χ0) is 23.9. The lowest BCUT2D eigenvalue weighted by Crippen LogP contribution is -2.40. The maximum Gasteiger partial charge on any atom is 0.314 e. The van der Waals surface area contributed by atoms with Crippen LogP contribution in [-0.4, -0.2) is 5.97 Å². The largest absolute Gasteiger partial charge is 0.423 e. The van der Waals surface area contributed by atoms with Gasteiger partial charge >= 0.3 is 5.97 Å². The van der Waals surface area contributed by atoms with Crippen molar-refractivity contribution in [3.8, 4) is 5.75 Å². The lowest BCUT2D eigenvalue weighted by molar-refractivity contribution is -0.144. The highest BCUT2D eigenvalue weighted by Crippen LogP contribution is 2.50. The molecule has 34 heavy (non-hydrogen) atoms. The molecular formula is C30H44F2O2. The Labute approximate surface area is 205 Å². The van der Waals surface area contributed by atoms with Crippen LogP contribution in [0.1, 0.15) is 110 Å². The molecule has 0 radical (unpaired) electrons. The van der Waals surface area contributed by atoms with Crippen molar-refractivity contribution < 1.29 is 18.3 Å². The lowest BCUT2D eigenvalue weighted by atomic mass is 9.59. The normalized spacial score (nSPS) is 31.6. The summed E-state index contributed by atoms with van der Waals surface area (Å²) in [5.74, 6) is 1.52. The van der Waals surface area contributed by atoms with Gasteiger partial charge in [-0.25, -0.2) is 8.78 Å². The third-order valence-electron chi connectivity index (χ3n) is 9.37. The molecule has 3 aliphatic carbocycles. The van der Waals surface area contributed by atoms with Crippen molar-refractivity contribution in [1.82, 2.24) is 0 Å². The van der Waals surface area contributed by atoms with E-state index in [1.165, 1.54) is 89.5 Å².